The lowest BCUT2D eigenvalue weighted by Crippen LogP contribution is -2.33. The Labute approximate surface area is 175 Å². The first-order valence-corrected chi connectivity index (χ1v) is 11.4. The molecule has 2 aromatic rings. The summed E-state index contributed by atoms with van der Waals surface area (Å²) in [7, 11) is -3.85. The van der Waals surface area contributed by atoms with E-state index in [9.17, 15) is 13.2 Å². The van der Waals surface area contributed by atoms with Crippen LogP contribution in [0.4, 0.5) is 0 Å². The summed E-state index contributed by atoms with van der Waals surface area (Å²) in [6, 6.07) is 11.6. The van der Waals surface area contributed by atoms with Crippen molar-refractivity contribution in [3.05, 3.63) is 63.6 Å². The molecule has 0 spiro atoms. The fourth-order valence-electron chi connectivity index (χ4n) is 3.34. The van der Waals surface area contributed by atoms with Gasteiger partial charge in [0.1, 0.15) is 4.90 Å². The van der Waals surface area contributed by atoms with Crippen LogP contribution in [0.5, 0.6) is 0 Å². The zero-order valence-electron chi connectivity index (χ0n) is 15.4. The van der Waals surface area contributed by atoms with Crippen molar-refractivity contribution in [2.45, 2.75) is 49.6 Å². The van der Waals surface area contributed by atoms with E-state index in [1.54, 1.807) is 0 Å². The van der Waals surface area contributed by atoms with Crippen molar-refractivity contribution in [2.75, 3.05) is 0 Å². The molecule has 2 N–H and O–H groups in total. The Morgan fingerprint density at radius 3 is 2.36 bits per heavy atom. The molecule has 2 aromatic carbocycles. The smallest absolute Gasteiger partial charge is 0.253 e. The number of halogens is 2. The van der Waals surface area contributed by atoms with Crippen molar-refractivity contribution in [1.82, 2.24) is 10.0 Å². The Morgan fingerprint density at radius 2 is 1.71 bits per heavy atom. The normalized spacial score (nSPS) is 16.1. The largest absolute Gasteiger partial charge is 0.345 e. The van der Waals surface area contributed by atoms with Gasteiger partial charge in [0.15, 0.2) is 0 Å². The number of rotatable bonds is 6. The molecular weight excluding hydrogens is 419 g/mol. The van der Waals surface area contributed by atoms with Crippen molar-refractivity contribution >= 4 is 39.1 Å². The van der Waals surface area contributed by atoms with E-state index in [0.29, 0.717) is 0 Å². The van der Waals surface area contributed by atoms with Crippen LogP contribution >= 0.6 is 23.2 Å². The van der Waals surface area contributed by atoms with E-state index in [-0.39, 0.29) is 32.6 Å². The summed E-state index contributed by atoms with van der Waals surface area (Å²) >= 11 is 12.3. The molecule has 1 aliphatic rings. The highest BCUT2D eigenvalue weighted by Crippen LogP contribution is 2.30. The molecule has 1 saturated carbocycles. The van der Waals surface area contributed by atoms with E-state index in [1.807, 2.05) is 37.3 Å². The van der Waals surface area contributed by atoms with Crippen LogP contribution in [-0.4, -0.2) is 20.4 Å². The summed E-state index contributed by atoms with van der Waals surface area (Å²) in [6.07, 6.45) is 3.58. The number of benzene rings is 2. The molecule has 0 saturated heterocycles. The van der Waals surface area contributed by atoms with Crippen LogP contribution in [0.2, 0.25) is 10.0 Å². The maximum Gasteiger partial charge on any atom is 0.253 e. The lowest BCUT2D eigenvalue weighted by atomic mass is 10.1. The molecule has 8 heteroatoms. The third-order valence-electron chi connectivity index (χ3n) is 4.88. The van der Waals surface area contributed by atoms with Crippen LogP contribution in [0.3, 0.4) is 0 Å². The minimum Gasteiger partial charge on any atom is -0.345 e. The highest BCUT2D eigenvalue weighted by molar-refractivity contribution is 7.89. The van der Waals surface area contributed by atoms with Gasteiger partial charge in [-0.05, 0) is 37.5 Å². The lowest BCUT2D eigenvalue weighted by Gasteiger charge is -2.17. The SMILES string of the molecule is CC(NC(=O)c1cc(S(=O)(=O)NC2CCCC2)c(Cl)cc1Cl)c1ccccc1. The second-order valence-corrected chi connectivity index (χ2v) is 9.47. The monoisotopic (exact) mass is 440 g/mol. The summed E-state index contributed by atoms with van der Waals surface area (Å²) in [5, 5.41) is 2.93. The summed E-state index contributed by atoms with van der Waals surface area (Å²) in [5.41, 5.74) is 0.998. The van der Waals surface area contributed by atoms with Crippen LogP contribution in [0.25, 0.3) is 0 Å². The zero-order chi connectivity index (χ0) is 20.3. The Morgan fingerprint density at radius 1 is 1.07 bits per heavy atom. The van der Waals surface area contributed by atoms with Crippen molar-refractivity contribution in [3.63, 3.8) is 0 Å². The number of amides is 1. The number of hydrogen-bond acceptors (Lipinski definition) is 3. The quantitative estimate of drug-likeness (QED) is 0.682. The van der Waals surface area contributed by atoms with E-state index in [0.717, 1.165) is 31.2 Å². The Bertz CT molecular complexity index is 959. The maximum atomic E-state index is 12.8. The van der Waals surface area contributed by atoms with E-state index in [1.165, 1.54) is 12.1 Å². The van der Waals surface area contributed by atoms with Gasteiger partial charge in [-0.2, -0.15) is 0 Å². The Balaban J connectivity index is 1.85. The van der Waals surface area contributed by atoms with Gasteiger partial charge in [-0.3, -0.25) is 4.79 Å². The molecule has 1 unspecified atom stereocenters. The van der Waals surface area contributed by atoms with Crippen LogP contribution in [0.1, 0.15) is 54.6 Å². The summed E-state index contributed by atoms with van der Waals surface area (Å²) < 4.78 is 28.2. The maximum absolute atomic E-state index is 12.8. The molecule has 0 aromatic heterocycles. The number of carbonyl (C=O) groups excluding carboxylic acids is 1. The van der Waals surface area contributed by atoms with E-state index in [4.69, 9.17) is 23.2 Å². The van der Waals surface area contributed by atoms with Gasteiger partial charge in [-0.1, -0.05) is 66.4 Å². The minimum atomic E-state index is -3.85. The van der Waals surface area contributed by atoms with Gasteiger partial charge < -0.3 is 5.32 Å². The second kappa shape index (κ2) is 8.82. The molecule has 5 nitrogen and oxygen atoms in total. The summed E-state index contributed by atoms with van der Waals surface area (Å²) in [6.45, 7) is 1.84. The molecule has 28 heavy (non-hydrogen) atoms. The van der Waals surface area contributed by atoms with E-state index >= 15 is 0 Å². The van der Waals surface area contributed by atoms with Gasteiger partial charge in [0, 0.05) is 6.04 Å². The predicted octanol–water partition coefficient (Wildman–Crippen LogP) is 4.71. The third-order valence-corrected chi connectivity index (χ3v) is 7.18. The standard InChI is InChI=1S/C20H22Cl2N2O3S/c1-13(14-7-3-2-4-8-14)23-20(25)16-11-19(18(22)12-17(16)21)28(26,27)24-15-9-5-6-10-15/h2-4,7-8,11-13,15,24H,5-6,9-10H2,1H3,(H,23,25). The zero-order valence-corrected chi connectivity index (χ0v) is 17.7. The number of nitrogens with one attached hydrogen (secondary N) is 2. The fourth-order valence-corrected chi connectivity index (χ4v) is 5.50. The van der Waals surface area contributed by atoms with Crippen molar-refractivity contribution in [2.24, 2.45) is 0 Å². The van der Waals surface area contributed by atoms with Crippen LogP contribution in [0, 0.1) is 0 Å². The molecule has 0 radical (unpaired) electrons. The molecule has 150 valence electrons. The summed E-state index contributed by atoms with van der Waals surface area (Å²) in [4.78, 5) is 12.6. The summed E-state index contributed by atoms with van der Waals surface area (Å²) in [5.74, 6) is -0.463. The van der Waals surface area contributed by atoms with Gasteiger partial charge in [0.2, 0.25) is 10.0 Å². The van der Waals surface area contributed by atoms with Crippen molar-refractivity contribution in [1.29, 1.82) is 0 Å². The van der Waals surface area contributed by atoms with Gasteiger partial charge >= 0.3 is 0 Å². The molecule has 1 atom stereocenters. The van der Waals surface area contributed by atoms with Crippen LogP contribution in [0.15, 0.2) is 47.4 Å². The first kappa shape index (κ1) is 21.1. The minimum absolute atomic E-state index is 0.0110. The topological polar surface area (TPSA) is 75.3 Å². The molecule has 3 rings (SSSR count). The van der Waals surface area contributed by atoms with Crippen LogP contribution < -0.4 is 10.0 Å². The molecular formula is C20H22Cl2N2O3S. The number of carbonyl (C=O) groups is 1. The van der Waals surface area contributed by atoms with Crippen molar-refractivity contribution in [3.8, 4) is 0 Å². The van der Waals surface area contributed by atoms with Crippen LogP contribution in [-0.2, 0) is 10.0 Å². The molecule has 1 amide bonds. The first-order chi connectivity index (χ1) is 13.3. The fraction of sp³-hybridized carbons (Fsp3) is 0.350. The highest BCUT2D eigenvalue weighted by atomic mass is 35.5. The molecule has 0 aliphatic heterocycles. The molecule has 1 aliphatic carbocycles. The first-order valence-electron chi connectivity index (χ1n) is 9.15. The van der Waals surface area contributed by atoms with E-state index < -0.39 is 15.9 Å². The van der Waals surface area contributed by atoms with Gasteiger partial charge in [0.05, 0.1) is 21.7 Å². The van der Waals surface area contributed by atoms with Crippen molar-refractivity contribution < 1.29 is 13.2 Å². The molecule has 0 bridgehead atoms. The van der Waals surface area contributed by atoms with Gasteiger partial charge in [-0.15, -0.1) is 0 Å². The lowest BCUT2D eigenvalue weighted by molar-refractivity contribution is 0.0940. The third kappa shape index (κ3) is 4.87. The number of hydrogen-bond donors (Lipinski definition) is 2. The van der Waals surface area contributed by atoms with E-state index in [2.05, 4.69) is 10.0 Å². The van der Waals surface area contributed by atoms with Gasteiger partial charge in [0.25, 0.3) is 5.91 Å². The predicted molar refractivity (Wildman–Crippen MR) is 111 cm³/mol. The average molecular weight is 441 g/mol. The Kier molecular flexibility index (Phi) is 6.65. The van der Waals surface area contributed by atoms with Gasteiger partial charge in [-0.25, -0.2) is 13.1 Å². The molecule has 0 heterocycles. The molecule has 1 fully saturated rings. The second-order valence-electron chi connectivity index (χ2n) is 6.97. The highest BCUT2D eigenvalue weighted by Gasteiger charge is 2.27. The Hall–Kier alpha value is -1.60. The average Bonchev–Trinajstić information content (AvgIpc) is 3.14. The number of sulfonamides is 1.